The van der Waals surface area contributed by atoms with Crippen molar-refractivity contribution >= 4 is 12.9 Å². The quantitative estimate of drug-likeness (QED) is 0.673. The van der Waals surface area contributed by atoms with Gasteiger partial charge in [0.05, 0.1) is 11.4 Å². The minimum Gasteiger partial charge on any atom is -0.533 e. The SMILES string of the molecule is OB(Oc1cccc(F)c1F)C1C(F)=C(F)c2c1ccc(F)c2F. The van der Waals surface area contributed by atoms with Gasteiger partial charge in [0.1, 0.15) is 11.6 Å². The van der Waals surface area contributed by atoms with Crippen molar-refractivity contribution in [3.8, 4) is 5.75 Å². The van der Waals surface area contributed by atoms with E-state index in [0.717, 1.165) is 24.3 Å². The molecule has 0 saturated carbocycles. The lowest BCUT2D eigenvalue weighted by Gasteiger charge is -2.17. The topological polar surface area (TPSA) is 29.5 Å². The van der Waals surface area contributed by atoms with Gasteiger partial charge in [-0.15, -0.1) is 0 Å². The molecule has 1 aliphatic carbocycles. The van der Waals surface area contributed by atoms with Crippen LogP contribution in [0.4, 0.5) is 26.3 Å². The molecule has 0 amide bonds. The fourth-order valence-electron chi connectivity index (χ4n) is 2.49. The van der Waals surface area contributed by atoms with Gasteiger partial charge in [-0.25, -0.2) is 22.0 Å². The zero-order chi connectivity index (χ0) is 17.6. The zero-order valence-corrected chi connectivity index (χ0v) is 11.7. The van der Waals surface area contributed by atoms with Crippen LogP contribution in [0.2, 0.25) is 0 Å². The standard InChI is InChI=1S/C15H7BF6O2/c17-7-2-1-3-9(12(7)19)24-16(23)11-6-4-5-8(18)13(20)10(6)14(21)15(11)22/h1-5,11,23H. The Labute approximate surface area is 132 Å². The second-order valence-electron chi connectivity index (χ2n) is 5.03. The van der Waals surface area contributed by atoms with Crippen LogP contribution < -0.4 is 4.65 Å². The summed E-state index contributed by atoms with van der Waals surface area (Å²) in [6.07, 6.45) is 0. The van der Waals surface area contributed by atoms with Crippen LogP contribution in [0.5, 0.6) is 5.75 Å². The van der Waals surface area contributed by atoms with Gasteiger partial charge in [0, 0.05) is 0 Å². The minimum atomic E-state index is -2.20. The fraction of sp³-hybridized carbons (Fsp3) is 0.0667. The van der Waals surface area contributed by atoms with Crippen molar-refractivity contribution < 1.29 is 36.0 Å². The monoisotopic (exact) mass is 344 g/mol. The molecule has 24 heavy (non-hydrogen) atoms. The lowest BCUT2D eigenvalue weighted by Crippen LogP contribution is -2.31. The van der Waals surface area contributed by atoms with Gasteiger partial charge >= 0.3 is 7.12 Å². The molecule has 0 bridgehead atoms. The predicted molar refractivity (Wildman–Crippen MR) is 73.2 cm³/mol. The summed E-state index contributed by atoms with van der Waals surface area (Å²) in [6.45, 7) is 0. The Balaban J connectivity index is 1.99. The first-order chi connectivity index (χ1) is 11.3. The van der Waals surface area contributed by atoms with Crippen molar-refractivity contribution in [2.45, 2.75) is 5.82 Å². The molecule has 0 saturated heterocycles. The van der Waals surface area contributed by atoms with Crippen LogP contribution in [0.15, 0.2) is 36.2 Å². The molecule has 3 rings (SSSR count). The number of benzene rings is 2. The van der Waals surface area contributed by atoms with Gasteiger partial charge in [0.15, 0.2) is 29.1 Å². The van der Waals surface area contributed by atoms with Gasteiger partial charge in [-0.3, -0.25) is 0 Å². The summed E-state index contributed by atoms with van der Waals surface area (Å²) in [4.78, 5) is 0. The van der Waals surface area contributed by atoms with E-state index in [9.17, 15) is 31.4 Å². The van der Waals surface area contributed by atoms with Crippen LogP contribution in [0, 0.1) is 23.3 Å². The summed E-state index contributed by atoms with van der Waals surface area (Å²) < 4.78 is 86.1. The van der Waals surface area contributed by atoms with E-state index in [-0.39, 0.29) is 0 Å². The lowest BCUT2D eigenvalue weighted by atomic mass is 9.69. The summed E-state index contributed by atoms with van der Waals surface area (Å²) in [5, 5.41) is 9.94. The van der Waals surface area contributed by atoms with Gasteiger partial charge in [0.25, 0.3) is 0 Å². The van der Waals surface area contributed by atoms with E-state index in [1.54, 1.807) is 0 Å². The number of hydrogen-bond acceptors (Lipinski definition) is 2. The largest absolute Gasteiger partial charge is 0.537 e. The molecule has 2 aromatic carbocycles. The molecule has 9 heteroatoms. The van der Waals surface area contributed by atoms with E-state index in [1.165, 1.54) is 0 Å². The normalized spacial score (nSPS) is 16.4. The van der Waals surface area contributed by atoms with Gasteiger partial charge < -0.3 is 9.68 Å². The van der Waals surface area contributed by atoms with Gasteiger partial charge in [-0.2, -0.15) is 4.39 Å². The molecule has 2 aromatic rings. The molecule has 0 heterocycles. The third-order valence-corrected chi connectivity index (χ3v) is 3.61. The fourth-order valence-corrected chi connectivity index (χ4v) is 2.49. The van der Waals surface area contributed by atoms with Crippen molar-refractivity contribution in [1.82, 2.24) is 0 Å². The Morgan fingerprint density at radius 3 is 2.25 bits per heavy atom. The first kappa shape index (κ1) is 16.4. The number of hydrogen-bond donors (Lipinski definition) is 1. The zero-order valence-electron chi connectivity index (χ0n) is 11.7. The smallest absolute Gasteiger partial charge is 0.533 e. The van der Waals surface area contributed by atoms with Crippen molar-refractivity contribution in [1.29, 1.82) is 0 Å². The molecule has 0 fully saturated rings. The van der Waals surface area contributed by atoms with Crippen LogP contribution in [0.3, 0.4) is 0 Å². The summed E-state index contributed by atoms with van der Waals surface area (Å²) >= 11 is 0. The third-order valence-electron chi connectivity index (χ3n) is 3.61. The van der Waals surface area contributed by atoms with E-state index in [2.05, 4.69) is 0 Å². The molecule has 0 aliphatic heterocycles. The molecule has 0 radical (unpaired) electrons. The van der Waals surface area contributed by atoms with Crippen LogP contribution in [-0.4, -0.2) is 12.1 Å². The Bertz CT molecular complexity index is 854. The molecular formula is C15H7BF6O2. The predicted octanol–water partition coefficient (Wildman–Crippen LogP) is 4.05. The summed E-state index contributed by atoms with van der Waals surface area (Å²) in [7, 11) is -2.20. The molecule has 1 unspecified atom stereocenters. The van der Waals surface area contributed by atoms with E-state index in [4.69, 9.17) is 4.65 Å². The van der Waals surface area contributed by atoms with Crippen molar-refractivity contribution in [2.75, 3.05) is 0 Å². The van der Waals surface area contributed by atoms with Crippen LogP contribution in [0.1, 0.15) is 16.9 Å². The summed E-state index contributed by atoms with van der Waals surface area (Å²) in [5.41, 5.74) is -1.38. The molecule has 1 atom stereocenters. The Morgan fingerprint density at radius 2 is 1.54 bits per heavy atom. The number of fused-ring (bicyclic) bond motifs is 1. The number of halogens is 6. The second kappa shape index (κ2) is 5.90. The molecule has 2 nitrogen and oxygen atoms in total. The van der Waals surface area contributed by atoms with E-state index >= 15 is 0 Å². The average Bonchev–Trinajstić information content (AvgIpc) is 2.80. The highest BCUT2D eigenvalue weighted by molar-refractivity contribution is 6.47. The van der Waals surface area contributed by atoms with E-state index < -0.39 is 64.7 Å². The van der Waals surface area contributed by atoms with Crippen molar-refractivity contribution in [3.63, 3.8) is 0 Å². The lowest BCUT2D eigenvalue weighted by molar-refractivity contribution is 0.371. The molecule has 1 aliphatic rings. The van der Waals surface area contributed by atoms with Gasteiger partial charge in [-0.1, -0.05) is 12.1 Å². The molecule has 0 aromatic heterocycles. The molecule has 0 spiro atoms. The van der Waals surface area contributed by atoms with Crippen molar-refractivity contribution in [2.24, 2.45) is 0 Å². The molecule has 124 valence electrons. The van der Waals surface area contributed by atoms with Crippen LogP contribution >= 0.6 is 0 Å². The second-order valence-corrected chi connectivity index (χ2v) is 5.03. The maximum Gasteiger partial charge on any atom is 0.537 e. The highest BCUT2D eigenvalue weighted by atomic mass is 19.2. The molecular weight excluding hydrogens is 337 g/mol. The van der Waals surface area contributed by atoms with E-state index in [0.29, 0.717) is 6.07 Å². The van der Waals surface area contributed by atoms with Crippen molar-refractivity contribution in [3.05, 3.63) is 70.6 Å². The minimum absolute atomic E-state index is 0.409. The summed E-state index contributed by atoms with van der Waals surface area (Å²) in [6, 6.07) is 4.32. The third kappa shape index (κ3) is 2.45. The Kier molecular flexibility index (Phi) is 4.04. The first-order valence-corrected chi connectivity index (χ1v) is 6.65. The van der Waals surface area contributed by atoms with Gasteiger partial charge in [0.2, 0.25) is 0 Å². The Morgan fingerprint density at radius 1 is 0.875 bits per heavy atom. The maximum atomic E-state index is 14.0. The average molecular weight is 344 g/mol. The number of rotatable bonds is 3. The Hall–Kier alpha value is -2.42. The molecule has 1 N–H and O–H groups in total. The van der Waals surface area contributed by atoms with E-state index in [1.807, 2.05) is 0 Å². The maximum absolute atomic E-state index is 14.0. The first-order valence-electron chi connectivity index (χ1n) is 6.65. The van der Waals surface area contributed by atoms with Gasteiger partial charge in [-0.05, 0) is 23.8 Å². The van der Waals surface area contributed by atoms with Crippen LogP contribution in [-0.2, 0) is 0 Å². The number of allylic oxidation sites excluding steroid dienone is 1. The van der Waals surface area contributed by atoms with Crippen LogP contribution in [0.25, 0.3) is 5.83 Å². The highest BCUT2D eigenvalue weighted by Gasteiger charge is 2.45. The highest BCUT2D eigenvalue weighted by Crippen LogP contribution is 2.46. The summed E-state index contributed by atoms with van der Waals surface area (Å²) in [5.74, 6) is -11.6.